The summed E-state index contributed by atoms with van der Waals surface area (Å²) in [5, 5.41) is 17.3. The first-order chi connectivity index (χ1) is 12.5. The minimum atomic E-state index is -0.389. The van der Waals surface area contributed by atoms with Gasteiger partial charge in [0, 0.05) is 51.9 Å². The molecule has 2 N–H and O–H groups in total. The second-order valence-corrected chi connectivity index (χ2v) is 6.88. The third-order valence-electron chi connectivity index (χ3n) is 4.15. The molecule has 1 heterocycles. The minimum absolute atomic E-state index is 0.0908. The third-order valence-corrected chi connectivity index (χ3v) is 4.15. The summed E-state index contributed by atoms with van der Waals surface area (Å²) in [5.74, 6) is 1.30. The normalized spacial score (nSPS) is 18.8. The summed E-state index contributed by atoms with van der Waals surface area (Å²) in [6.07, 6.45) is 0.124. The van der Waals surface area contributed by atoms with E-state index in [1.165, 1.54) is 6.07 Å². The summed E-state index contributed by atoms with van der Waals surface area (Å²) < 4.78 is 5.83. The fourth-order valence-corrected chi connectivity index (χ4v) is 2.98. The number of guanidine groups is 1. The molecule has 0 saturated carbocycles. The van der Waals surface area contributed by atoms with Crippen molar-refractivity contribution in [1.29, 1.82) is 0 Å². The van der Waals surface area contributed by atoms with Crippen molar-refractivity contribution in [3.63, 3.8) is 0 Å². The SMILES string of the molecule is CN=C(NCc1cccc([N+](=O)[O-])c1)NCC1CN(CC(C)C)CCO1. The van der Waals surface area contributed by atoms with E-state index in [0.717, 1.165) is 31.8 Å². The maximum atomic E-state index is 10.8. The largest absolute Gasteiger partial charge is 0.374 e. The molecule has 1 aliphatic heterocycles. The average Bonchev–Trinajstić information content (AvgIpc) is 2.62. The lowest BCUT2D eigenvalue weighted by Gasteiger charge is -2.34. The van der Waals surface area contributed by atoms with Crippen LogP contribution in [-0.2, 0) is 11.3 Å². The highest BCUT2D eigenvalue weighted by molar-refractivity contribution is 5.79. The van der Waals surface area contributed by atoms with Crippen LogP contribution in [0.5, 0.6) is 0 Å². The molecule has 26 heavy (non-hydrogen) atoms. The van der Waals surface area contributed by atoms with Crippen LogP contribution in [0.1, 0.15) is 19.4 Å². The minimum Gasteiger partial charge on any atom is -0.374 e. The van der Waals surface area contributed by atoms with Crippen molar-refractivity contribution in [1.82, 2.24) is 15.5 Å². The zero-order valence-electron chi connectivity index (χ0n) is 15.8. The van der Waals surface area contributed by atoms with E-state index in [2.05, 4.69) is 34.4 Å². The van der Waals surface area contributed by atoms with Gasteiger partial charge in [-0.1, -0.05) is 26.0 Å². The fourth-order valence-electron chi connectivity index (χ4n) is 2.98. The Hall–Kier alpha value is -2.19. The van der Waals surface area contributed by atoms with Crippen LogP contribution < -0.4 is 10.6 Å². The van der Waals surface area contributed by atoms with Crippen LogP contribution in [0.15, 0.2) is 29.3 Å². The maximum Gasteiger partial charge on any atom is 0.269 e. The predicted octanol–water partition coefficient (Wildman–Crippen LogP) is 1.62. The molecule has 0 aromatic heterocycles. The first kappa shape index (κ1) is 20.1. The number of nitrogens with zero attached hydrogens (tertiary/aromatic N) is 3. The van der Waals surface area contributed by atoms with E-state index in [4.69, 9.17) is 4.74 Å². The number of nitro benzene ring substituents is 1. The Labute approximate surface area is 154 Å². The van der Waals surface area contributed by atoms with Crippen molar-refractivity contribution < 1.29 is 9.66 Å². The molecule has 0 aliphatic carbocycles. The van der Waals surface area contributed by atoms with Crippen LogP contribution in [0, 0.1) is 16.0 Å². The second kappa shape index (κ2) is 10.1. The first-order valence-electron chi connectivity index (χ1n) is 8.99. The summed E-state index contributed by atoms with van der Waals surface area (Å²) in [7, 11) is 1.70. The molecule has 1 saturated heterocycles. The van der Waals surface area contributed by atoms with E-state index in [0.29, 0.717) is 25.0 Å². The smallest absolute Gasteiger partial charge is 0.269 e. The molecule has 2 rings (SSSR count). The summed E-state index contributed by atoms with van der Waals surface area (Å²) in [6, 6.07) is 6.58. The number of non-ortho nitro benzene ring substituents is 1. The number of aliphatic imine (C=N–C) groups is 1. The average molecular weight is 363 g/mol. The van der Waals surface area contributed by atoms with Crippen molar-refractivity contribution in [2.45, 2.75) is 26.5 Å². The molecule has 0 bridgehead atoms. The van der Waals surface area contributed by atoms with Crippen LogP contribution in [0.3, 0.4) is 0 Å². The number of rotatable bonds is 7. The lowest BCUT2D eigenvalue weighted by atomic mass is 10.2. The predicted molar refractivity (Wildman–Crippen MR) is 102 cm³/mol. The zero-order chi connectivity index (χ0) is 18.9. The van der Waals surface area contributed by atoms with Crippen LogP contribution in [0.2, 0.25) is 0 Å². The summed E-state index contributed by atoms with van der Waals surface area (Å²) in [6.45, 7) is 9.31. The van der Waals surface area contributed by atoms with Crippen LogP contribution in [0.4, 0.5) is 5.69 Å². The van der Waals surface area contributed by atoms with Gasteiger partial charge in [0.2, 0.25) is 0 Å². The molecule has 1 aromatic rings. The van der Waals surface area contributed by atoms with Gasteiger partial charge < -0.3 is 15.4 Å². The Morgan fingerprint density at radius 3 is 2.96 bits per heavy atom. The molecular formula is C18H29N5O3. The standard InChI is InChI=1S/C18H29N5O3/c1-14(2)12-22-7-8-26-17(13-22)11-21-18(19-3)20-10-15-5-4-6-16(9-15)23(24)25/h4-6,9,14,17H,7-8,10-13H2,1-3H3,(H2,19,20,21). The zero-order valence-corrected chi connectivity index (χ0v) is 15.8. The molecule has 1 unspecified atom stereocenters. The van der Waals surface area contributed by atoms with Gasteiger partial charge in [-0.25, -0.2) is 0 Å². The molecule has 1 fully saturated rings. The lowest BCUT2D eigenvalue weighted by Crippen LogP contribution is -2.50. The van der Waals surface area contributed by atoms with E-state index < -0.39 is 0 Å². The van der Waals surface area contributed by atoms with Gasteiger partial charge in [0.05, 0.1) is 17.6 Å². The van der Waals surface area contributed by atoms with E-state index in [1.807, 2.05) is 6.07 Å². The van der Waals surface area contributed by atoms with Crippen molar-refractivity contribution in [3.8, 4) is 0 Å². The highest BCUT2D eigenvalue weighted by Gasteiger charge is 2.21. The topological polar surface area (TPSA) is 92.0 Å². The summed E-state index contributed by atoms with van der Waals surface area (Å²) in [5.41, 5.74) is 0.923. The highest BCUT2D eigenvalue weighted by atomic mass is 16.6. The van der Waals surface area contributed by atoms with E-state index in [1.54, 1.807) is 19.2 Å². The Morgan fingerprint density at radius 2 is 2.27 bits per heavy atom. The molecule has 144 valence electrons. The number of benzene rings is 1. The highest BCUT2D eigenvalue weighted by Crippen LogP contribution is 2.12. The van der Waals surface area contributed by atoms with Gasteiger partial charge in [-0.05, 0) is 11.5 Å². The lowest BCUT2D eigenvalue weighted by molar-refractivity contribution is -0.384. The maximum absolute atomic E-state index is 10.8. The number of morpholine rings is 1. The van der Waals surface area contributed by atoms with Crippen LogP contribution in [0.25, 0.3) is 0 Å². The Balaban J connectivity index is 1.79. The number of nitro groups is 1. The van der Waals surface area contributed by atoms with E-state index >= 15 is 0 Å². The van der Waals surface area contributed by atoms with E-state index in [-0.39, 0.29) is 16.7 Å². The van der Waals surface area contributed by atoms with Crippen LogP contribution >= 0.6 is 0 Å². The molecular weight excluding hydrogens is 334 g/mol. The van der Waals surface area contributed by atoms with Crippen molar-refractivity contribution >= 4 is 11.6 Å². The third kappa shape index (κ3) is 6.61. The molecule has 1 atom stereocenters. The molecule has 0 spiro atoms. The number of nitrogens with one attached hydrogen (secondary N) is 2. The van der Waals surface area contributed by atoms with Crippen molar-refractivity contribution in [2.75, 3.05) is 39.8 Å². The van der Waals surface area contributed by atoms with Gasteiger partial charge in [0.25, 0.3) is 5.69 Å². The fraction of sp³-hybridized carbons (Fsp3) is 0.611. The number of hydrogen-bond donors (Lipinski definition) is 2. The van der Waals surface area contributed by atoms with E-state index in [9.17, 15) is 10.1 Å². The number of hydrogen-bond acceptors (Lipinski definition) is 5. The van der Waals surface area contributed by atoms with Gasteiger partial charge >= 0.3 is 0 Å². The molecule has 1 aromatic carbocycles. The number of ether oxygens (including phenoxy) is 1. The summed E-state index contributed by atoms with van der Waals surface area (Å²) >= 11 is 0. The van der Waals surface area contributed by atoms with Gasteiger partial charge in [-0.15, -0.1) is 0 Å². The van der Waals surface area contributed by atoms with Gasteiger partial charge in [0.1, 0.15) is 0 Å². The molecule has 0 radical (unpaired) electrons. The summed E-state index contributed by atoms with van der Waals surface area (Å²) in [4.78, 5) is 17.1. The van der Waals surface area contributed by atoms with Crippen molar-refractivity contribution in [3.05, 3.63) is 39.9 Å². The quantitative estimate of drug-likeness (QED) is 0.331. The molecule has 8 nitrogen and oxygen atoms in total. The van der Waals surface area contributed by atoms with Gasteiger partial charge in [0.15, 0.2) is 5.96 Å². The Kier molecular flexibility index (Phi) is 7.80. The van der Waals surface area contributed by atoms with Crippen LogP contribution in [-0.4, -0.2) is 61.7 Å². The van der Waals surface area contributed by atoms with Gasteiger partial charge in [-0.3, -0.25) is 20.0 Å². The molecule has 1 aliphatic rings. The monoisotopic (exact) mass is 363 g/mol. The molecule has 0 amide bonds. The Morgan fingerprint density at radius 1 is 1.46 bits per heavy atom. The van der Waals surface area contributed by atoms with Crippen molar-refractivity contribution in [2.24, 2.45) is 10.9 Å². The second-order valence-electron chi connectivity index (χ2n) is 6.88. The molecule has 8 heteroatoms. The Bertz CT molecular complexity index is 621. The van der Waals surface area contributed by atoms with Gasteiger partial charge in [-0.2, -0.15) is 0 Å². The first-order valence-corrected chi connectivity index (χ1v) is 8.99.